The second kappa shape index (κ2) is 10.6. The fourth-order valence-corrected chi connectivity index (χ4v) is 4.56. The van der Waals surface area contributed by atoms with E-state index in [0.29, 0.717) is 18.6 Å². The molecule has 1 heterocycles. The maximum Gasteiger partial charge on any atom is 0.309 e. The van der Waals surface area contributed by atoms with E-state index >= 15 is 0 Å². The molecule has 1 saturated heterocycles. The van der Waals surface area contributed by atoms with Crippen molar-refractivity contribution in [1.82, 2.24) is 9.62 Å². The topological polar surface area (TPSA) is 102 Å². The van der Waals surface area contributed by atoms with Gasteiger partial charge < -0.3 is 14.8 Å². The highest BCUT2D eigenvalue weighted by molar-refractivity contribution is 7.88. The Morgan fingerprint density at radius 1 is 1.03 bits per heavy atom. The molecule has 9 heteroatoms. The second-order valence-electron chi connectivity index (χ2n) is 7.73. The maximum absolute atomic E-state index is 12.6. The predicted octanol–water partition coefficient (Wildman–Crippen LogP) is 2.12. The minimum Gasteiger partial charge on any atom is -0.497 e. The lowest BCUT2D eigenvalue weighted by atomic mass is 9.98. The van der Waals surface area contributed by atoms with E-state index in [2.05, 4.69) is 5.32 Å². The molecule has 8 nitrogen and oxygen atoms in total. The summed E-state index contributed by atoms with van der Waals surface area (Å²) in [6.45, 7) is 0.154. The van der Waals surface area contributed by atoms with E-state index < -0.39 is 40.5 Å². The number of esters is 1. The molecule has 0 spiro atoms. The number of nitrogens with one attached hydrogen (secondary N) is 1. The molecule has 0 aromatic heterocycles. The first-order valence-electron chi connectivity index (χ1n) is 10.4. The summed E-state index contributed by atoms with van der Waals surface area (Å²) in [5.41, 5.74) is 1.76. The zero-order valence-corrected chi connectivity index (χ0v) is 19.0. The molecule has 3 rings (SSSR count). The number of ether oxygens (including phenoxy) is 2. The molecule has 1 unspecified atom stereocenters. The largest absolute Gasteiger partial charge is 0.497 e. The van der Waals surface area contributed by atoms with Crippen LogP contribution in [0.3, 0.4) is 0 Å². The van der Waals surface area contributed by atoms with Crippen LogP contribution in [0.5, 0.6) is 5.75 Å². The van der Waals surface area contributed by atoms with Crippen LogP contribution in [0.25, 0.3) is 0 Å². The number of rotatable bonds is 8. The van der Waals surface area contributed by atoms with Crippen molar-refractivity contribution in [2.75, 3.05) is 33.1 Å². The number of piperidine rings is 1. The average Bonchev–Trinajstić information content (AvgIpc) is 2.81. The lowest BCUT2D eigenvalue weighted by Crippen LogP contribution is -2.40. The Labute approximate surface area is 188 Å². The molecule has 0 saturated carbocycles. The summed E-state index contributed by atoms with van der Waals surface area (Å²) in [5.74, 6) is -0.597. The number of hydrogen-bond acceptors (Lipinski definition) is 6. The van der Waals surface area contributed by atoms with E-state index in [0.717, 1.165) is 17.4 Å². The van der Waals surface area contributed by atoms with Crippen molar-refractivity contribution in [1.29, 1.82) is 0 Å². The molecule has 2 aromatic rings. The smallest absolute Gasteiger partial charge is 0.309 e. The number of sulfonamides is 1. The van der Waals surface area contributed by atoms with Crippen molar-refractivity contribution in [3.8, 4) is 5.75 Å². The van der Waals surface area contributed by atoms with Gasteiger partial charge in [0, 0.05) is 13.1 Å². The molecular formula is C23H28N2O6S. The van der Waals surface area contributed by atoms with Crippen molar-refractivity contribution in [3.63, 3.8) is 0 Å². The Bertz CT molecular complexity index is 1020. The summed E-state index contributed by atoms with van der Waals surface area (Å²) < 4.78 is 35.0. The minimum atomic E-state index is -3.26. The molecule has 0 radical (unpaired) electrons. The van der Waals surface area contributed by atoms with Crippen LogP contribution >= 0.6 is 0 Å². The SMILES string of the molecule is COc1ccc(C(NC(=O)COC(=O)C2CCN(S(C)(=O)=O)CC2)c2ccccc2)cc1. The standard InChI is InChI=1S/C23H28N2O6S/c1-30-20-10-8-18(9-11-20)22(17-6-4-3-5-7-17)24-21(26)16-31-23(27)19-12-14-25(15-13-19)32(2,28)29/h3-11,19,22H,12-16H2,1-2H3,(H,24,26). The molecule has 1 atom stereocenters. The molecule has 1 amide bonds. The Hall–Kier alpha value is -2.91. The highest BCUT2D eigenvalue weighted by atomic mass is 32.2. The Morgan fingerprint density at radius 2 is 1.62 bits per heavy atom. The normalized spacial score (nSPS) is 16.2. The summed E-state index contributed by atoms with van der Waals surface area (Å²) in [5, 5.41) is 2.93. The average molecular weight is 461 g/mol. The van der Waals surface area contributed by atoms with Crippen molar-refractivity contribution in [3.05, 3.63) is 65.7 Å². The number of carbonyl (C=O) groups is 2. The summed E-state index contributed by atoms with van der Waals surface area (Å²) >= 11 is 0. The molecule has 1 N–H and O–H groups in total. The van der Waals surface area contributed by atoms with Gasteiger partial charge in [-0.25, -0.2) is 12.7 Å². The molecule has 2 aromatic carbocycles. The van der Waals surface area contributed by atoms with Gasteiger partial charge in [-0.1, -0.05) is 42.5 Å². The zero-order chi connectivity index (χ0) is 23.1. The van der Waals surface area contributed by atoms with E-state index in [4.69, 9.17) is 9.47 Å². The quantitative estimate of drug-likeness (QED) is 0.606. The third-order valence-corrected chi connectivity index (χ3v) is 6.79. The Balaban J connectivity index is 1.59. The number of nitrogens with zero attached hydrogens (tertiary/aromatic N) is 1. The fourth-order valence-electron chi connectivity index (χ4n) is 3.68. The number of hydrogen-bond donors (Lipinski definition) is 1. The maximum atomic E-state index is 12.6. The predicted molar refractivity (Wildman–Crippen MR) is 120 cm³/mol. The Morgan fingerprint density at radius 3 is 2.19 bits per heavy atom. The highest BCUT2D eigenvalue weighted by Crippen LogP contribution is 2.24. The van der Waals surface area contributed by atoms with E-state index in [1.54, 1.807) is 7.11 Å². The van der Waals surface area contributed by atoms with Gasteiger partial charge in [-0.05, 0) is 36.1 Å². The van der Waals surface area contributed by atoms with Crippen molar-refractivity contribution < 1.29 is 27.5 Å². The number of carbonyl (C=O) groups excluding carboxylic acids is 2. The van der Waals surface area contributed by atoms with E-state index in [1.807, 2.05) is 54.6 Å². The lowest BCUT2D eigenvalue weighted by molar-refractivity contribution is -0.153. The molecular weight excluding hydrogens is 432 g/mol. The highest BCUT2D eigenvalue weighted by Gasteiger charge is 2.30. The van der Waals surface area contributed by atoms with E-state index in [1.165, 1.54) is 4.31 Å². The summed E-state index contributed by atoms with van der Waals surface area (Å²) in [6.07, 6.45) is 1.92. The summed E-state index contributed by atoms with van der Waals surface area (Å²) in [4.78, 5) is 25.0. The van der Waals surface area contributed by atoms with Gasteiger partial charge >= 0.3 is 5.97 Å². The van der Waals surface area contributed by atoms with Crippen molar-refractivity contribution >= 4 is 21.9 Å². The minimum absolute atomic E-state index is 0.276. The third-order valence-electron chi connectivity index (χ3n) is 5.49. The van der Waals surface area contributed by atoms with E-state index in [9.17, 15) is 18.0 Å². The third kappa shape index (κ3) is 6.30. The van der Waals surface area contributed by atoms with Crippen molar-refractivity contribution in [2.24, 2.45) is 5.92 Å². The molecule has 0 aliphatic carbocycles. The van der Waals surface area contributed by atoms with Gasteiger partial charge in [0.2, 0.25) is 10.0 Å². The van der Waals surface area contributed by atoms with Crippen LogP contribution in [-0.2, 0) is 24.3 Å². The van der Waals surface area contributed by atoms with Gasteiger partial charge in [0.15, 0.2) is 6.61 Å². The van der Waals surface area contributed by atoms with Gasteiger partial charge in [0.05, 0.1) is 25.3 Å². The van der Waals surface area contributed by atoms with Gasteiger partial charge in [-0.3, -0.25) is 9.59 Å². The van der Waals surface area contributed by atoms with Gasteiger partial charge in [0.25, 0.3) is 5.91 Å². The first-order valence-corrected chi connectivity index (χ1v) is 12.2. The fraction of sp³-hybridized carbons (Fsp3) is 0.391. The first kappa shape index (κ1) is 23.7. The summed E-state index contributed by atoms with van der Waals surface area (Å²) in [7, 11) is -1.67. The second-order valence-corrected chi connectivity index (χ2v) is 9.71. The number of benzene rings is 2. The van der Waals surface area contributed by atoms with Crippen LogP contribution in [-0.4, -0.2) is 57.7 Å². The molecule has 1 aliphatic heterocycles. The zero-order valence-electron chi connectivity index (χ0n) is 18.2. The van der Waals surface area contributed by atoms with Crippen LogP contribution in [0.2, 0.25) is 0 Å². The monoisotopic (exact) mass is 460 g/mol. The first-order chi connectivity index (χ1) is 15.3. The van der Waals surface area contributed by atoms with Crippen LogP contribution < -0.4 is 10.1 Å². The van der Waals surface area contributed by atoms with Gasteiger partial charge in [-0.15, -0.1) is 0 Å². The molecule has 0 bridgehead atoms. The van der Waals surface area contributed by atoms with Crippen molar-refractivity contribution in [2.45, 2.75) is 18.9 Å². The molecule has 1 aliphatic rings. The molecule has 1 fully saturated rings. The Kier molecular flexibility index (Phi) is 7.87. The van der Waals surface area contributed by atoms with Crippen LogP contribution in [0.4, 0.5) is 0 Å². The molecule has 172 valence electrons. The van der Waals surface area contributed by atoms with Crippen LogP contribution in [0.15, 0.2) is 54.6 Å². The van der Waals surface area contributed by atoms with Gasteiger partial charge in [-0.2, -0.15) is 0 Å². The number of methoxy groups -OCH3 is 1. The van der Waals surface area contributed by atoms with Gasteiger partial charge in [0.1, 0.15) is 5.75 Å². The lowest BCUT2D eigenvalue weighted by Gasteiger charge is -2.28. The summed E-state index contributed by atoms with van der Waals surface area (Å²) in [6, 6.07) is 16.5. The van der Waals surface area contributed by atoms with E-state index in [-0.39, 0.29) is 13.1 Å². The van der Waals surface area contributed by atoms with Crippen LogP contribution in [0.1, 0.15) is 30.0 Å². The van der Waals surface area contributed by atoms with Crippen LogP contribution in [0, 0.1) is 5.92 Å². The number of amides is 1. The molecule has 32 heavy (non-hydrogen) atoms.